The molecule has 11 heteroatoms. The van der Waals surface area contributed by atoms with Gasteiger partial charge in [0, 0.05) is 131 Å². The van der Waals surface area contributed by atoms with Gasteiger partial charge in [0.15, 0.2) is 0 Å². The van der Waals surface area contributed by atoms with E-state index >= 15 is 0 Å². The Labute approximate surface area is 190 Å². The molecule has 0 aromatic heterocycles. The minimum absolute atomic E-state index is 0.668. The van der Waals surface area contributed by atoms with Crippen LogP contribution in [0.1, 0.15) is 0 Å². The molecule has 0 rings (SSSR count). The number of hydrogen-bond donors (Lipinski definition) is 8. The highest BCUT2D eigenvalue weighted by atomic mass is 15.2. The van der Waals surface area contributed by atoms with Crippen LogP contribution in [-0.2, 0) is 0 Å². The maximum Gasteiger partial charge on any atom is 0.0110 e. The lowest BCUT2D eigenvalue weighted by Crippen LogP contribution is -2.46. The first-order valence-electron chi connectivity index (χ1n) is 12.0. The van der Waals surface area contributed by atoms with E-state index < -0.39 is 0 Å². The second kappa shape index (κ2) is 24.2. The summed E-state index contributed by atoms with van der Waals surface area (Å²) in [7, 11) is 0. The molecular weight excluding hydrogens is 394 g/mol. The maximum absolute atomic E-state index is 5.89. The monoisotopic (exact) mass is 447 g/mol. The molecule has 0 unspecified atom stereocenters. The van der Waals surface area contributed by atoms with Crippen LogP contribution in [-0.4, -0.2) is 146 Å². The van der Waals surface area contributed by atoms with Gasteiger partial charge in [-0.25, -0.2) is 0 Å². The Morgan fingerprint density at radius 1 is 0.323 bits per heavy atom. The van der Waals surface area contributed by atoms with Crippen LogP contribution in [0.5, 0.6) is 0 Å². The molecule has 0 spiro atoms. The number of rotatable bonds is 25. The first-order valence-corrected chi connectivity index (χ1v) is 12.0. The molecule has 0 bridgehead atoms. The van der Waals surface area contributed by atoms with Crippen molar-refractivity contribution < 1.29 is 0 Å². The van der Waals surface area contributed by atoms with Gasteiger partial charge in [-0.2, -0.15) is 0 Å². The van der Waals surface area contributed by atoms with Gasteiger partial charge in [0.2, 0.25) is 0 Å². The third kappa shape index (κ3) is 19.9. The lowest BCUT2D eigenvalue weighted by molar-refractivity contribution is 0.179. The third-order valence-corrected chi connectivity index (χ3v) is 5.13. The van der Waals surface area contributed by atoms with Crippen molar-refractivity contribution in [2.45, 2.75) is 0 Å². The fourth-order valence-electron chi connectivity index (χ4n) is 3.33. The number of nitrogens with two attached hydrogens (primary N) is 5. The molecule has 0 saturated heterocycles. The first-order chi connectivity index (χ1) is 15.2. The highest BCUT2D eigenvalue weighted by Gasteiger charge is 2.11. The van der Waals surface area contributed by atoms with E-state index in [-0.39, 0.29) is 0 Å². The van der Waals surface area contributed by atoms with Crippen LogP contribution in [0.25, 0.3) is 0 Å². The SMILES string of the molecule is NCCNCCN(CCN)CCN(CCN)CCN(CCNCCN)CCNCCN. The van der Waals surface area contributed by atoms with Gasteiger partial charge in [-0.3, -0.25) is 14.7 Å². The van der Waals surface area contributed by atoms with E-state index in [1.54, 1.807) is 0 Å². The lowest BCUT2D eigenvalue weighted by Gasteiger charge is -2.30. The Morgan fingerprint density at radius 2 is 0.613 bits per heavy atom. The molecule has 11 nitrogen and oxygen atoms in total. The summed E-state index contributed by atoms with van der Waals surface area (Å²) in [5, 5.41) is 10.1. The molecule has 0 aromatic carbocycles. The standard InChI is InChI=1S/C20H53N11/c21-1-6-26-9-14-29(12-4-24)17-18-30(13-5-25)19-20-31(15-10-27-7-2-22)16-11-28-8-3-23/h26-28H,1-25H2. The summed E-state index contributed by atoms with van der Waals surface area (Å²) < 4.78 is 0. The zero-order valence-corrected chi connectivity index (χ0v) is 19.9. The summed E-state index contributed by atoms with van der Waals surface area (Å²) in [6, 6.07) is 0. The van der Waals surface area contributed by atoms with E-state index in [4.69, 9.17) is 28.7 Å². The molecule has 0 aliphatic heterocycles. The highest BCUT2D eigenvalue weighted by Crippen LogP contribution is 1.95. The molecule has 0 aliphatic rings. The zero-order valence-electron chi connectivity index (χ0n) is 19.9. The van der Waals surface area contributed by atoms with E-state index in [2.05, 4.69) is 30.7 Å². The van der Waals surface area contributed by atoms with E-state index in [1.165, 1.54) is 0 Å². The van der Waals surface area contributed by atoms with Crippen LogP contribution in [0.2, 0.25) is 0 Å². The molecule has 0 amide bonds. The van der Waals surface area contributed by atoms with Gasteiger partial charge in [0.25, 0.3) is 0 Å². The summed E-state index contributed by atoms with van der Waals surface area (Å²) >= 11 is 0. The minimum Gasteiger partial charge on any atom is -0.329 e. The summed E-state index contributed by atoms with van der Waals surface area (Å²) in [5.74, 6) is 0. The second-order valence-electron chi connectivity index (χ2n) is 7.72. The van der Waals surface area contributed by atoms with Crippen molar-refractivity contribution in [2.75, 3.05) is 131 Å². The summed E-state index contributed by atoms with van der Waals surface area (Å²) in [4.78, 5) is 7.37. The molecule has 0 aromatic rings. The van der Waals surface area contributed by atoms with Crippen molar-refractivity contribution in [1.82, 2.24) is 30.7 Å². The quantitative estimate of drug-likeness (QED) is 0.0632. The Balaban J connectivity index is 4.47. The van der Waals surface area contributed by atoms with Gasteiger partial charge in [-0.1, -0.05) is 0 Å². The normalized spacial score (nSPS) is 12.0. The Hall–Kier alpha value is -0.440. The summed E-state index contributed by atoms with van der Waals surface area (Å²) in [6.45, 7) is 17.6. The Kier molecular flexibility index (Phi) is 23.9. The largest absolute Gasteiger partial charge is 0.329 e. The molecule has 0 radical (unpaired) electrons. The van der Waals surface area contributed by atoms with Crippen molar-refractivity contribution in [3.05, 3.63) is 0 Å². The minimum atomic E-state index is 0.668. The van der Waals surface area contributed by atoms with Gasteiger partial charge >= 0.3 is 0 Å². The fraction of sp³-hybridized carbons (Fsp3) is 1.00. The topological polar surface area (TPSA) is 176 Å². The molecule has 0 aliphatic carbocycles. The van der Waals surface area contributed by atoms with Gasteiger partial charge in [0.1, 0.15) is 0 Å². The second-order valence-corrected chi connectivity index (χ2v) is 7.72. The molecule has 0 fully saturated rings. The van der Waals surface area contributed by atoms with Crippen LogP contribution in [0.3, 0.4) is 0 Å². The number of nitrogens with zero attached hydrogens (tertiary/aromatic N) is 3. The molecule has 0 heterocycles. The van der Waals surface area contributed by atoms with Gasteiger partial charge in [-0.05, 0) is 0 Å². The van der Waals surface area contributed by atoms with Crippen LogP contribution >= 0.6 is 0 Å². The van der Waals surface area contributed by atoms with Crippen molar-refractivity contribution in [3.8, 4) is 0 Å². The third-order valence-electron chi connectivity index (χ3n) is 5.13. The Bertz CT molecular complexity index is 337. The van der Waals surface area contributed by atoms with Crippen molar-refractivity contribution in [3.63, 3.8) is 0 Å². The van der Waals surface area contributed by atoms with E-state index in [0.29, 0.717) is 32.7 Å². The van der Waals surface area contributed by atoms with E-state index in [1.807, 2.05) is 0 Å². The van der Waals surface area contributed by atoms with E-state index in [0.717, 1.165) is 98.2 Å². The van der Waals surface area contributed by atoms with Gasteiger partial charge in [0.05, 0.1) is 0 Å². The summed E-state index contributed by atoms with van der Waals surface area (Å²) in [6.07, 6.45) is 0. The molecule has 13 N–H and O–H groups in total. The molecule has 0 saturated carbocycles. The maximum atomic E-state index is 5.89. The van der Waals surface area contributed by atoms with Crippen LogP contribution in [0.15, 0.2) is 0 Å². The number of hydrogen-bond acceptors (Lipinski definition) is 11. The highest BCUT2D eigenvalue weighted by molar-refractivity contribution is 4.69. The predicted molar refractivity (Wildman–Crippen MR) is 133 cm³/mol. The van der Waals surface area contributed by atoms with Gasteiger partial charge < -0.3 is 44.6 Å². The van der Waals surface area contributed by atoms with Crippen molar-refractivity contribution >= 4 is 0 Å². The zero-order chi connectivity index (χ0) is 23.0. The molecule has 0 atom stereocenters. The molecular formula is C20H53N11. The van der Waals surface area contributed by atoms with Crippen LogP contribution in [0.4, 0.5) is 0 Å². The van der Waals surface area contributed by atoms with E-state index in [9.17, 15) is 0 Å². The summed E-state index contributed by atoms with van der Waals surface area (Å²) in [5.41, 5.74) is 28.4. The average molecular weight is 448 g/mol. The smallest absolute Gasteiger partial charge is 0.0110 e. The van der Waals surface area contributed by atoms with Gasteiger partial charge in [-0.15, -0.1) is 0 Å². The van der Waals surface area contributed by atoms with Crippen LogP contribution < -0.4 is 44.6 Å². The average Bonchev–Trinajstić information content (AvgIpc) is 2.77. The Morgan fingerprint density at radius 3 is 0.903 bits per heavy atom. The van der Waals surface area contributed by atoms with Crippen molar-refractivity contribution in [2.24, 2.45) is 28.7 Å². The molecule has 31 heavy (non-hydrogen) atoms. The lowest BCUT2D eigenvalue weighted by atomic mass is 10.3. The van der Waals surface area contributed by atoms with Crippen LogP contribution in [0, 0.1) is 0 Å². The fourth-order valence-corrected chi connectivity index (χ4v) is 3.33. The molecule has 188 valence electrons. The first kappa shape index (κ1) is 30.6. The number of nitrogens with one attached hydrogen (secondary N) is 3. The predicted octanol–water partition coefficient (Wildman–Crippen LogP) is -4.55. The van der Waals surface area contributed by atoms with Crippen molar-refractivity contribution in [1.29, 1.82) is 0 Å².